The van der Waals surface area contributed by atoms with Gasteiger partial charge in [-0.25, -0.2) is 0 Å². The average molecular weight is 399 g/mol. The highest BCUT2D eigenvalue weighted by Crippen LogP contribution is 2.21. The Balaban J connectivity index is 1.59. The molecule has 0 N–H and O–H groups in total. The lowest BCUT2D eigenvalue weighted by Gasteiger charge is -2.34. The van der Waals surface area contributed by atoms with Crippen molar-refractivity contribution in [2.75, 3.05) is 52.5 Å². The van der Waals surface area contributed by atoms with E-state index in [1.165, 1.54) is 5.56 Å². The van der Waals surface area contributed by atoms with Gasteiger partial charge in [0, 0.05) is 37.2 Å². The number of hydrogen-bond donors (Lipinski definition) is 0. The number of carbonyl (C=O) groups excluding carboxylic acids is 1. The smallest absolute Gasteiger partial charge is 0.320 e. The van der Waals surface area contributed by atoms with E-state index in [0.29, 0.717) is 13.2 Å². The van der Waals surface area contributed by atoms with Crippen LogP contribution in [0.3, 0.4) is 0 Å². The molecule has 0 aromatic heterocycles. The highest BCUT2D eigenvalue weighted by molar-refractivity contribution is 9.10. The van der Waals surface area contributed by atoms with Crippen molar-refractivity contribution >= 4 is 21.9 Å². The van der Waals surface area contributed by atoms with E-state index in [1.54, 1.807) is 0 Å². The van der Waals surface area contributed by atoms with Crippen molar-refractivity contribution in [3.05, 3.63) is 28.2 Å². The number of aryl methyl sites for hydroxylation is 1. The Labute approximate surface area is 153 Å². The molecule has 2 rings (SSSR count). The zero-order chi connectivity index (χ0) is 17.4. The average Bonchev–Trinajstić information content (AvgIpc) is 2.56. The number of nitrogens with zero attached hydrogens (tertiary/aromatic N) is 2. The largest absolute Gasteiger partial charge is 0.494 e. The Morgan fingerprint density at radius 3 is 2.58 bits per heavy atom. The molecule has 0 radical (unpaired) electrons. The van der Waals surface area contributed by atoms with Crippen LogP contribution in [0.25, 0.3) is 0 Å². The molecule has 0 aliphatic carbocycles. The summed E-state index contributed by atoms with van der Waals surface area (Å²) in [4.78, 5) is 16.1. The van der Waals surface area contributed by atoms with Gasteiger partial charge < -0.3 is 14.4 Å². The molecule has 1 heterocycles. The van der Waals surface area contributed by atoms with Gasteiger partial charge in [-0.3, -0.25) is 9.69 Å². The Kier molecular flexibility index (Phi) is 8.02. The molecule has 0 saturated carbocycles. The monoisotopic (exact) mass is 398 g/mol. The Hall–Kier alpha value is -1.11. The number of ether oxygens (including phenoxy) is 2. The van der Waals surface area contributed by atoms with Crippen molar-refractivity contribution in [1.82, 2.24) is 9.80 Å². The van der Waals surface area contributed by atoms with Crippen LogP contribution in [0.1, 0.15) is 18.9 Å². The second-order valence-corrected chi connectivity index (χ2v) is 6.89. The van der Waals surface area contributed by atoms with Gasteiger partial charge in [0.15, 0.2) is 0 Å². The summed E-state index contributed by atoms with van der Waals surface area (Å²) in [6.07, 6.45) is 1.01. The molecule has 1 aromatic rings. The first-order valence-corrected chi connectivity index (χ1v) is 9.37. The molecule has 0 spiro atoms. The molecule has 0 amide bonds. The first-order chi connectivity index (χ1) is 11.6. The Bertz CT molecular complexity index is 531. The van der Waals surface area contributed by atoms with Crippen LogP contribution in [0, 0.1) is 6.92 Å². The molecule has 6 heteroatoms. The first kappa shape index (κ1) is 19.2. The minimum atomic E-state index is -0.121. The lowest BCUT2D eigenvalue weighted by molar-refractivity contribution is -0.144. The zero-order valence-electron chi connectivity index (χ0n) is 14.6. The van der Waals surface area contributed by atoms with Crippen molar-refractivity contribution in [2.24, 2.45) is 0 Å². The molecule has 0 atom stereocenters. The second kappa shape index (κ2) is 10.0. The molecular formula is C18H27BrN2O3. The summed E-state index contributed by atoms with van der Waals surface area (Å²) >= 11 is 3.50. The van der Waals surface area contributed by atoms with E-state index in [1.807, 2.05) is 19.1 Å². The number of carbonyl (C=O) groups is 1. The molecule has 1 aliphatic heterocycles. The summed E-state index contributed by atoms with van der Waals surface area (Å²) < 4.78 is 11.9. The van der Waals surface area contributed by atoms with E-state index in [2.05, 4.69) is 38.7 Å². The van der Waals surface area contributed by atoms with Crippen LogP contribution in [0.2, 0.25) is 0 Å². The third-order valence-electron chi connectivity index (χ3n) is 4.14. The van der Waals surface area contributed by atoms with Crippen molar-refractivity contribution in [2.45, 2.75) is 20.3 Å². The van der Waals surface area contributed by atoms with Crippen LogP contribution in [-0.2, 0) is 9.53 Å². The fraction of sp³-hybridized carbons (Fsp3) is 0.611. The van der Waals surface area contributed by atoms with Crippen molar-refractivity contribution in [3.63, 3.8) is 0 Å². The summed E-state index contributed by atoms with van der Waals surface area (Å²) in [5.41, 5.74) is 1.19. The standard InChI is InChI=1S/C18H27BrN2O3/c1-3-23-18(22)14-21-10-8-20(9-11-21)7-4-12-24-16-5-6-17(19)15(2)13-16/h5-6,13H,3-4,7-12,14H2,1-2H3. The van der Waals surface area contributed by atoms with E-state index in [-0.39, 0.29) is 5.97 Å². The lowest BCUT2D eigenvalue weighted by atomic mass is 10.2. The van der Waals surface area contributed by atoms with Crippen LogP contribution in [0.15, 0.2) is 22.7 Å². The van der Waals surface area contributed by atoms with E-state index in [4.69, 9.17) is 9.47 Å². The van der Waals surface area contributed by atoms with Crippen LogP contribution >= 0.6 is 15.9 Å². The summed E-state index contributed by atoms with van der Waals surface area (Å²) in [6, 6.07) is 6.07. The Morgan fingerprint density at radius 1 is 1.21 bits per heavy atom. The third-order valence-corrected chi connectivity index (χ3v) is 5.03. The maximum atomic E-state index is 11.5. The normalized spacial score (nSPS) is 16.1. The number of hydrogen-bond acceptors (Lipinski definition) is 5. The van der Waals surface area contributed by atoms with Crippen molar-refractivity contribution in [3.8, 4) is 5.75 Å². The number of benzene rings is 1. The minimum Gasteiger partial charge on any atom is -0.494 e. The van der Waals surface area contributed by atoms with Gasteiger partial charge in [0.25, 0.3) is 0 Å². The van der Waals surface area contributed by atoms with E-state index >= 15 is 0 Å². The zero-order valence-corrected chi connectivity index (χ0v) is 16.2. The quantitative estimate of drug-likeness (QED) is 0.497. The van der Waals surface area contributed by atoms with Crippen LogP contribution in [0.4, 0.5) is 0 Å². The number of rotatable bonds is 8. The van der Waals surface area contributed by atoms with Crippen LogP contribution < -0.4 is 4.74 Å². The van der Waals surface area contributed by atoms with Gasteiger partial charge in [-0.15, -0.1) is 0 Å². The molecule has 1 fully saturated rings. The molecule has 0 bridgehead atoms. The van der Waals surface area contributed by atoms with Crippen LogP contribution in [0.5, 0.6) is 5.75 Å². The van der Waals surface area contributed by atoms with E-state index in [9.17, 15) is 4.79 Å². The van der Waals surface area contributed by atoms with Gasteiger partial charge in [0.1, 0.15) is 5.75 Å². The van der Waals surface area contributed by atoms with E-state index in [0.717, 1.165) is 56.0 Å². The molecule has 1 aromatic carbocycles. The summed E-state index contributed by atoms with van der Waals surface area (Å²) in [7, 11) is 0. The molecule has 1 aliphatic rings. The number of esters is 1. The number of piperazine rings is 1. The molecule has 24 heavy (non-hydrogen) atoms. The van der Waals surface area contributed by atoms with E-state index < -0.39 is 0 Å². The summed E-state index contributed by atoms with van der Waals surface area (Å²) in [6.45, 7) is 10.4. The van der Waals surface area contributed by atoms with Gasteiger partial charge >= 0.3 is 5.97 Å². The highest BCUT2D eigenvalue weighted by Gasteiger charge is 2.18. The molecule has 5 nitrogen and oxygen atoms in total. The Morgan fingerprint density at radius 2 is 1.92 bits per heavy atom. The third kappa shape index (κ3) is 6.42. The first-order valence-electron chi connectivity index (χ1n) is 8.57. The molecular weight excluding hydrogens is 372 g/mol. The van der Waals surface area contributed by atoms with Gasteiger partial charge in [-0.1, -0.05) is 15.9 Å². The maximum absolute atomic E-state index is 11.5. The van der Waals surface area contributed by atoms with Gasteiger partial charge in [-0.05, 0) is 44.0 Å². The number of halogens is 1. The molecule has 0 unspecified atom stereocenters. The second-order valence-electron chi connectivity index (χ2n) is 6.04. The fourth-order valence-corrected chi connectivity index (χ4v) is 2.99. The lowest BCUT2D eigenvalue weighted by Crippen LogP contribution is -2.48. The predicted octanol–water partition coefficient (Wildman–Crippen LogP) is 2.71. The van der Waals surface area contributed by atoms with Gasteiger partial charge in [0.2, 0.25) is 0 Å². The highest BCUT2D eigenvalue weighted by atomic mass is 79.9. The fourth-order valence-electron chi connectivity index (χ4n) is 2.75. The molecule has 1 saturated heterocycles. The predicted molar refractivity (Wildman–Crippen MR) is 98.5 cm³/mol. The van der Waals surface area contributed by atoms with Crippen molar-refractivity contribution in [1.29, 1.82) is 0 Å². The molecule has 134 valence electrons. The summed E-state index contributed by atoms with van der Waals surface area (Å²) in [5, 5.41) is 0. The van der Waals surface area contributed by atoms with Gasteiger partial charge in [0.05, 0.1) is 19.8 Å². The van der Waals surface area contributed by atoms with Crippen LogP contribution in [-0.4, -0.2) is 68.3 Å². The topological polar surface area (TPSA) is 42.0 Å². The maximum Gasteiger partial charge on any atom is 0.320 e. The summed E-state index contributed by atoms with van der Waals surface area (Å²) in [5.74, 6) is 0.805. The van der Waals surface area contributed by atoms with Gasteiger partial charge in [-0.2, -0.15) is 0 Å². The van der Waals surface area contributed by atoms with Crippen molar-refractivity contribution < 1.29 is 14.3 Å². The minimum absolute atomic E-state index is 0.121. The SMILES string of the molecule is CCOC(=O)CN1CCN(CCCOc2ccc(Br)c(C)c2)CC1.